The maximum absolute atomic E-state index is 6.04. The first-order valence-electron chi connectivity index (χ1n) is 5.75. The largest absolute Gasteiger partial charge is 0.489 e. The molecule has 0 spiro atoms. The normalized spacial score (nSPS) is 10.3. The number of rotatable bonds is 5. The minimum Gasteiger partial charge on any atom is -0.489 e. The van der Waals surface area contributed by atoms with Crippen LogP contribution in [0.2, 0.25) is 5.02 Å². The van der Waals surface area contributed by atoms with Gasteiger partial charge in [-0.25, -0.2) is 0 Å². The molecular formula is C14H15ClN2O. The van der Waals surface area contributed by atoms with E-state index in [1.165, 1.54) is 0 Å². The van der Waals surface area contributed by atoms with Crippen molar-refractivity contribution in [1.29, 1.82) is 0 Å². The molecule has 94 valence electrons. The molecule has 0 saturated carbocycles. The Hall–Kier alpha value is -1.58. The Kier molecular flexibility index (Phi) is 4.56. The zero-order chi connectivity index (χ0) is 12.8. The van der Waals surface area contributed by atoms with Crippen LogP contribution in [0.3, 0.4) is 0 Å². The van der Waals surface area contributed by atoms with E-state index in [1.807, 2.05) is 37.4 Å². The topological polar surface area (TPSA) is 34.1 Å². The molecule has 0 saturated heterocycles. The molecule has 0 unspecified atom stereocenters. The predicted molar refractivity (Wildman–Crippen MR) is 72.8 cm³/mol. The molecule has 1 aromatic heterocycles. The van der Waals surface area contributed by atoms with Crippen molar-refractivity contribution in [2.24, 2.45) is 0 Å². The van der Waals surface area contributed by atoms with Gasteiger partial charge in [0, 0.05) is 30.1 Å². The number of ether oxygens (including phenoxy) is 1. The number of nitrogens with zero attached hydrogens (tertiary/aromatic N) is 1. The Bertz CT molecular complexity index is 517. The van der Waals surface area contributed by atoms with Gasteiger partial charge in [-0.05, 0) is 19.2 Å². The Balaban J connectivity index is 2.08. The highest BCUT2D eigenvalue weighted by molar-refractivity contribution is 6.31. The number of halogens is 1. The molecule has 2 aromatic rings. The standard InChI is InChI=1S/C14H15ClN2O/c1-16-8-11-4-2-3-5-14(11)18-10-12-6-7-17-9-13(12)15/h2-7,9,16H,8,10H2,1H3. The highest BCUT2D eigenvalue weighted by Crippen LogP contribution is 2.21. The van der Waals surface area contributed by atoms with Crippen LogP contribution in [0.4, 0.5) is 0 Å². The second-order valence-corrected chi connectivity index (χ2v) is 4.30. The maximum atomic E-state index is 6.04. The first kappa shape index (κ1) is 12.9. The summed E-state index contributed by atoms with van der Waals surface area (Å²) in [5.74, 6) is 0.875. The molecule has 18 heavy (non-hydrogen) atoms. The van der Waals surface area contributed by atoms with Crippen molar-refractivity contribution in [3.63, 3.8) is 0 Å². The third kappa shape index (κ3) is 3.22. The number of hydrogen-bond acceptors (Lipinski definition) is 3. The Morgan fingerprint density at radius 1 is 1.22 bits per heavy atom. The van der Waals surface area contributed by atoms with Crippen LogP contribution >= 0.6 is 11.6 Å². The van der Waals surface area contributed by atoms with Gasteiger partial charge in [0.2, 0.25) is 0 Å². The fraction of sp³-hybridized carbons (Fsp3) is 0.214. The van der Waals surface area contributed by atoms with Crippen LogP contribution in [-0.4, -0.2) is 12.0 Å². The average molecular weight is 263 g/mol. The fourth-order valence-corrected chi connectivity index (χ4v) is 1.83. The predicted octanol–water partition coefficient (Wildman–Crippen LogP) is 3.03. The Morgan fingerprint density at radius 3 is 2.83 bits per heavy atom. The number of benzene rings is 1. The van der Waals surface area contributed by atoms with E-state index in [-0.39, 0.29) is 0 Å². The quantitative estimate of drug-likeness (QED) is 0.899. The van der Waals surface area contributed by atoms with E-state index in [9.17, 15) is 0 Å². The van der Waals surface area contributed by atoms with Crippen LogP contribution in [0.25, 0.3) is 0 Å². The van der Waals surface area contributed by atoms with Gasteiger partial charge in [0.05, 0.1) is 5.02 Å². The molecule has 0 aliphatic rings. The van der Waals surface area contributed by atoms with Gasteiger partial charge in [0.15, 0.2) is 0 Å². The van der Waals surface area contributed by atoms with Crippen LogP contribution in [-0.2, 0) is 13.2 Å². The molecular weight excluding hydrogens is 248 g/mol. The molecule has 0 radical (unpaired) electrons. The molecule has 0 fully saturated rings. The van der Waals surface area contributed by atoms with Crippen molar-refractivity contribution in [2.75, 3.05) is 7.05 Å². The van der Waals surface area contributed by atoms with E-state index in [2.05, 4.69) is 10.3 Å². The first-order valence-corrected chi connectivity index (χ1v) is 6.12. The molecule has 2 rings (SSSR count). The van der Waals surface area contributed by atoms with Crippen LogP contribution in [0, 0.1) is 0 Å². The minimum atomic E-state index is 0.447. The lowest BCUT2D eigenvalue weighted by Gasteiger charge is -2.11. The average Bonchev–Trinajstić information content (AvgIpc) is 2.40. The van der Waals surface area contributed by atoms with E-state index in [0.29, 0.717) is 11.6 Å². The minimum absolute atomic E-state index is 0.447. The van der Waals surface area contributed by atoms with E-state index >= 15 is 0 Å². The number of pyridine rings is 1. The lowest BCUT2D eigenvalue weighted by atomic mass is 10.2. The highest BCUT2D eigenvalue weighted by Gasteiger charge is 2.04. The lowest BCUT2D eigenvalue weighted by Crippen LogP contribution is -2.07. The number of hydrogen-bond donors (Lipinski definition) is 1. The summed E-state index contributed by atoms with van der Waals surface area (Å²) < 4.78 is 5.80. The molecule has 1 aromatic carbocycles. The molecule has 0 amide bonds. The van der Waals surface area contributed by atoms with E-state index in [4.69, 9.17) is 16.3 Å². The second kappa shape index (κ2) is 6.38. The van der Waals surface area contributed by atoms with Crippen molar-refractivity contribution in [3.8, 4) is 5.75 Å². The van der Waals surface area contributed by atoms with Crippen LogP contribution < -0.4 is 10.1 Å². The summed E-state index contributed by atoms with van der Waals surface area (Å²) in [6, 6.07) is 9.83. The third-order valence-corrected chi connectivity index (χ3v) is 2.92. The van der Waals surface area contributed by atoms with Gasteiger partial charge < -0.3 is 10.1 Å². The number of nitrogens with one attached hydrogen (secondary N) is 1. The zero-order valence-electron chi connectivity index (χ0n) is 10.2. The van der Waals surface area contributed by atoms with Gasteiger partial charge in [-0.15, -0.1) is 0 Å². The van der Waals surface area contributed by atoms with Gasteiger partial charge in [-0.1, -0.05) is 29.8 Å². The lowest BCUT2D eigenvalue weighted by molar-refractivity contribution is 0.302. The molecule has 0 aliphatic heterocycles. The first-order chi connectivity index (χ1) is 8.81. The molecule has 4 heteroatoms. The zero-order valence-corrected chi connectivity index (χ0v) is 10.9. The smallest absolute Gasteiger partial charge is 0.124 e. The molecule has 0 bridgehead atoms. The van der Waals surface area contributed by atoms with Crippen molar-refractivity contribution in [2.45, 2.75) is 13.2 Å². The second-order valence-electron chi connectivity index (χ2n) is 3.89. The fourth-order valence-electron chi connectivity index (χ4n) is 1.66. The van der Waals surface area contributed by atoms with Crippen molar-refractivity contribution < 1.29 is 4.74 Å². The number of para-hydroxylation sites is 1. The summed E-state index contributed by atoms with van der Waals surface area (Å²) in [7, 11) is 1.91. The van der Waals surface area contributed by atoms with Gasteiger partial charge in [-0.3, -0.25) is 4.98 Å². The van der Waals surface area contributed by atoms with Crippen molar-refractivity contribution in [3.05, 3.63) is 58.9 Å². The molecule has 3 nitrogen and oxygen atoms in total. The van der Waals surface area contributed by atoms with Crippen molar-refractivity contribution >= 4 is 11.6 Å². The highest BCUT2D eigenvalue weighted by atomic mass is 35.5. The van der Waals surface area contributed by atoms with Gasteiger partial charge in [0.1, 0.15) is 12.4 Å². The van der Waals surface area contributed by atoms with Crippen LogP contribution in [0.5, 0.6) is 5.75 Å². The maximum Gasteiger partial charge on any atom is 0.124 e. The summed E-state index contributed by atoms with van der Waals surface area (Å²) in [5, 5.41) is 3.75. The monoisotopic (exact) mass is 262 g/mol. The van der Waals surface area contributed by atoms with Crippen LogP contribution in [0.1, 0.15) is 11.1 Å². The van der Waals surface area contributed by atoms with Gasteiger partial charge >= 0.3 is 0 Å². The third-order valence-electron chi connectivity index (χ3n) is 2.58. The van der Waals surface area contributed by atoms with E-state index in [0.717, 1.165) is 23.4 Å². The van der Waals surface area contributed by atoms with E-state index in [1.54, 1.807) is 12.4 Å². The Morgan fingerprint density at radius 2 is 2.06 bits per heavy atom. The summed E-state index contributed by atoms with van der Waals surface area (Å²) in [6.07, 6.45) is 3.34. The van der Waals surface area contributed by atoms with Crippen molar-refractivity contribution in [1.82, 2.24) is 10.3 Å². The summed E-state index contributed by atoms with van der Waals surface area (Å²) in [6.45, 7) is 1.22. The molecule has 1 heterocycles. The summed E-state index contributed by atoms with van der Waals surface area (Å²) in [4.78, 5) is 3.95. The van der Waals surface area contributed by atoms with E-state index < -0.39 is 0 Å². The molecule has 0 atom stereocenters. The molecule has 0 aliphatic carbocycles. The SMILES string of the molecule is CNCc1ccccc1OCc1ccncc1Cl. The molecule has 1 N–H and O–H groups in total. The van der Waals surface area contributed by atoms with Crippen LogP contribution in [0.15, 0.2) is 42.7 Å². The Labute approximate surface area is 112 Å². The van der Waals surface area contributed by atoms with Gasteiger partial charge in [-0.2, -0.15) is 0 Å². The summed E-state index contributed by atoms with van der Waals surface area (Å²) in [5.41, 5.74) is 2.07. The number of aromatic nitrogens is 1. The van der Waals surface area contributed by atoms with Gasteiger partial charge in [0.25, 0.3) is 0 Å². The summed E-state index contributed by atoms with van der Waals surface area (Å²) >= 11 is 6.04.